The Kier molecular flexibility index (Phi) is 7.15. The van der Waals surface area contributed by atoms with Gasteiger partial charge in [-0.1, -0.05) is 6.92 Å². The molecule has 5 nitrogen and oxygen atoms in total. The summed E-state index contributed by atoms with van der Waals surface area (Å²) in [4.78, 5) is 21.1. The smallest absolute Gasteiger partial charge is 0.254 e. The first-order valence-corrected chi connectivity index (χ1v) is 7.64. The van der Waals surface area contributed by atoms with Crippen LogP contribution in [0.3, 0.4) is 0 Å². The number of rotatable bonds is 8. The monoisotopic (exact) mass is 292 g/mol. The van der Waals surface area contributed by atoms with Crippen LogP contribution in [0.1, 0.15) is 36.3 Å². The predicted molar refractivity (Wildman–Crippen MR) is 87.9 cm³/mol. The SMILES string of the molecule is CCc1cc(C(=O)N(CC)CCCN(C)C)cc(NC)n1. The summed E-state index contributed by atoms with van der Waals surface area (Å²) in [6.07, 6.45) is 1.81. The predicted octanol–water partition coefficient (Wildman–Crippen LogP) is 2.10. The number of pyridine rings is 1. The highest BCUT2D eigenvalue weighted by Crippen LogP contribution is 2.13. The van der Waals surface area contributed by atoms with Gasteiger partial charge >= 0.3 is 0 Å². The molecule has 0 unspecified atom stereocenters. The molecule has 0 radical (unpaired) electrons. The van der Waals surface area contributed by atoms with E-state index in [0.717, 1.165) is 49.6 Å². The number of hydrogen-bond acceptors (Lipinski definition) is 4. The second kappa shape index (κ2) is 8.62. The molecule has 0 aliphatic rings. The molecule has 0 aliphatic carbocycles. The first kappa shape index (κ1) is 17.4. The summed E-state index contributed by atoms with van der Waals surface area (Å²) in [6.45, 7) is 6.57. The minimum Gasteiger partial charge on any atom is -0.373 e. The zero-order valence-corrected chi connectivity index (χ0v) is 13.9. The van der Waals surface area contributed by atoms with E-state index < -0.39 is 0 Å². The Morgan fingerprint density at radius 1 is 1.24 bits per heavy atom. The Morgan fingerprint density at radius 3 is 2.48 bits per heavy atom. The van der Waals surface area contributed by atoms with Crippen molar-refractivity contribution in [2.24, 2.45) is 0 Å². The summed E-state index contributed by atoms with van der Waals surface area (Å²) in [5, 5.41) is 3.02. The average Bonchev–Trinajstić information content (AvgIpc) is 2.50. The van der Waals surface area contributed by atoms with Crippen molar-refractivity contribution in [1.29, 1.82) is 0 Å². The van der Waals surface area contributed by atoms with Crippen LogP contribution in [-0.2, 0) is 6.42 Å². The van der Waals surface area contributed by atoms with Crippen LogP contribution in [0.15, 0.2) is 12.1 Å². The highest BCUT2D eigenvalue weighted by molar-refractivity contribution is 5.95. The van der Waals surface area contributed by atoms with Gasteiger partial charge in [0.15, 0.2) is 0 Å². The Labute approximate surface area is 128 Å². The third-order valence-corrected chi connectivity index (χ3v) is 3.45. The molecule has 0 fully saturated rings. The molecule has 5 heteroatoms. The Hall–Kier alpha value is -1.62. The maximum absolute atomic E-state index is 12.6. The molecule has 0 saturated carbocycles. The van der Waals surface area contributed by atoms with Crippen molar-refractivity contribution < 1.29 is 4.79 Å². The Bertz CT molecular complexity index is 437. The number of hydrogen-bond donors (Lipinski definition) is 1. The van der Waals surface area contributed by atoms with Crippen LogP contribution in [0.5, 0.6) is 0 Å². The van der Waals surface area contributed by atoms with Gasteiger partial charge in [0.05, 0.1) is 0 Å². The fraction of sp³-hybridized carbons (Fsp3) is 0.625. The molecule has 1 aromatic heterocycles. The van der Waals surface area contributed by atoms with E-state index in [2.05, 4.69) is 15.2 Å². The van der Waals surface area contributed by atoms with Crippen molar-refractivity contribution in [3.63, 3.8) is 0 Å². The van der Waals surface area contributed by atoms with Crippen molar-refractivity contribution >= 4 is 11.7 Å². The van der Waals surface area contributed by atoms with Crippen molar-refractivity contribution in [3.05, 3.63) is 23.4 Å². The minimum atomic E-state index is 0.0878. The zero-order valence-electron chi connectivity index (χ0n) is 13.9. The standard InChI is InChI=1S/C16H28N4O/c1-6-14-11-13(12-15(17-3)18-14)16(21)20(7-2)10-8-9-19(4)5/h11-12H,6-10H2,1-5H3,(H,17,18). The molecular formula is C16H28N4O. The average molecular weight is 292 g/mol. The second-order valence-electron chi connectivity index (χ2n) is 5.38. The lowest BCUT2D eigenvalue weighted by atomic mass is 10.1. The van der Waals surface area contributed by atoms with Crippen molar-refractivity contribution in [2.45, 2.75) is 26.7 Å². The van der Waals surface area contributed by atoms with E-state index >= 15 is 0 Å². The molecule has 118 valence electrons. The number of nitrogens with zero attached hydrogens (tertiary/aromatic N) is 3. The number of carbonyl (C=O) groups is 1. The first-order chi connectivity index (χ1) is 10.0. The molecule has 1 heterocycles. The fourth-order valence-corrected chi connectivity index (χ4v) is 2.18. The van der Waals surface area contributed by atoms with E-state index in [-0.39, 0.29) is 5.91 Å². The van der Waals surface area contributed by atoms with Crippen LogP contribution in [-0.4, -0.2) is 61.5 Å². The van der Waals surface area contributed by atoms with Crippen LogP contribution < -0.4 is 5.32 Å². The maximum atomic E-state index is 12.6. The molecule has 0 aliphatic heterocycles. The number of aromatic nitrogens is 1. The summed E-state index contributed by atoms with van der Waals surface area (Å²) >= 11 is 0. The number of carbonyl (C=O) groups excluding carboxylic acids is 1. The fourth-order valence-electron chi connectivity index (χ4n) is 2.18. The molecule has 0 spiro atoms. The van der Waals surface area contributed by atoms with Crippen molar-refractivity contribution in [2.75, 3.05) is 46.1 Å². The quantitative estimate of drug-likeness (QED) is 0.797. The second-order valence-corrected chi connectivity index (χ2v) is 5.38. The number of aryl methyl sites for hydroxylation is 1. The highest BCUT2D eigenvalue weighted by Gasteiger charge is 2.15. The van der Waals surface area contributed by atoms with E-state index in [0.29, 0.717) is 0 Å². The summed E-state index contributed by atoms with van der Waals surface area (Å²) in [7, 11) is 5.92. The van der Waals surface area contributed by atoms with Gasteiger partial charge in [-0.2, -0.15) is 0 Å². The lowest BCUT2D eigenvalue weighted by molar-refractivity contribution is 0.0759. The molecule has 1 N–H and O–H groups in total. The molecule has 1 aromatic rings. The molecule has 1 rings (SSSR count). The minimum absolute atomic E-state index is 0.0878. The summed E-state index contributed by atoms with van der Waals surface area (Å²) in [5.74, 6) is 0.840. The topological polar surface area (TPSA) is 48.5 Å². The van der Waals surface area contributed by atoms with Gasteiger partial charge in [-0.25, -0.2) is 4.98 Å². The Morgan fingerprint density at radius 2 is 1.95 bits per heavy atom. The maximum Gasteiger partial charge on any atom is 0.254 e. The lowest BCUT2D eigenvalue weighted by Gasteiger charge is -2.22. The molecule has 0 atom stereocenters. The van der Waals surface area contributed by atoms with Crippen LogP contribution in [0.2, 0.25) is 0 Å². The van der Waals surface area contributed by atoms with Gasteiger partial charge in [0.25, 0.3) is 5.91 Å². The molecule has 0 bridgehead atoms. The van der Waals surface area contributed by atoms with E-state index in [1.54, 1.807) is 0 Å². The van der Waals surface area contributed by atoms with E-state index in [9.17, 15) is 4.79 Å². The summed E-state index contributed by atoms with van der Waals surface area (Å²) in [6, 6.07) is 3.73. The van der Waals surface area contributed by atoms with Gasteiger partial charge in [0.1, 0.15) is 5.82 Å². The first-order valence-electron chi connectivity index (χ1n) is 7.64. The van der Waals surface area contributed by atoms with Gasteiger partial charge in [-0.05, 0) is 52.5 Å². The van der Waals surface area contributed by atoms with Crippen molar-refractivity contribution in [1.82, 2.24) is 14.8 Å². The van der Waals surface area contributed by atoms with Gasteiger partial charge in [-0.3, -0.25) is 4.79 Å². The lowest BCUT2D eigenvalue weighted by Crippen LogP contribution is -2.33. The van der Waals surface area contributed by atoms with Gasteiger partial charge < -0.3 is 15.1 Å². The largest absolute Gasteiger partial charge is 0.373 e. The van der Waals surface area contributed by atoms with Crippen LogP contribution in [0.25, 0.3) is 0 Å². The summed E-state index contributed by atoms with van der Waals surface area (Å²) < 4.78 is 0. The van der Waals surface area contributed by atoms with Gasteiger partial charge in [0.2, 0.25) is 0 Å². The van der Waals surface area contributed by atoms with Gasteiger partial charge in [-0.15, -0.1) is 0 Å². The molecular weight excluding hydrogens is 264 g/mol. The van der Waals surface area contributed by atoms with Crippen LogP contribution in [0, 0.1) is 0 Å². The van der Waals surface area contributed by atoms with E-state index in [1.165, 1.54) is 0 Å². The van der Waals surface area contributed by atoms with Crippen LogP contribution in [0.4, 0.5) is 5.82 Å². The highest BCUT2D eigenvalue weighted by atomic mass is 16.2. The number of anilines is 1. The third-order valence-electron chi connectivity index (χ3n) is 3.45. The molecule has 0 aromatic carbocycles. The van der Waals surface area contributed by atoms with E-state index in [4.69, 9.17) is 0 Å². The molecule has 1 amide bonds. The van der Waals surface area contributed by atoms with E-state index in [1.807, 2.05) is 52.0 Å². The summed E-state index contributed by atoms with van der Waals surface area (Å²) in [5.41, 5.74) is 1.66. The number of amides is 1. The zero-order chi connectivity index (χ0) is 15.8. The van der Waals surface area contributed by atoms with Gasteiger partial charge in [0, 0.05) is 31.4 Å². The molecule has 0 saturated heterocycles. The Balaban J connectivity index is 2.83. The van der Waals surface area contributed by atoms with Crippen molar-refractivity contribution in [3.8, 4) is 0 Å². The molecule has 21 heavy (non-hydrogen) atoms. The van der Waals surface area contributed by atoms with Crippen LogP contribution >= 0.6 is 0 Å². The third kappa shape index (κ3) is 5.34. The number of nitrogens with one attached hydrogen (secondary N) is 1. The normalized spacial score (nSPS) is 10.8.